The molecule has 2 fully saturated rings. The van der Waals surface area contributed by atoms with E-state index in [1.807, 2.05) is 0 Å². The number of aliphatic carboxylic acids is 1. The third-order valence-electron chi connectivity index (χ3n) is 3.84. The monoisotopic (exact) mass is 211 g/mol. The molecule has 15 heavy (non-hydrogen) atoms. The van der Waals surface area contributed by atoms with Gasteiger partial charge < -0.3 is 10.0 Å². The molecule has 0 aromatic rings. The number of rotatable bonds is 3. The standard InChI is InChI=1S/C12H21NO2/c1-11(2)7-13(8-11)9-12(10(14)15)5-3-4-6-12/h3-9H2,1-2H3,(H,14,15). The van der Waals surface area contributed by atoms with Gasteiger partial charge in [0.1, 0.15) is 0 Å². The molecule has 1 saturated carbocycles. The highest BCUT2D eigenvalue weighted by Gasteiger charge is 2.46. The first-order chi connectivity index (χ1) is 6.94. The first-order valence-corrected chi connectivity index (χ1v) is 5.89. The molecule has 0 bridgehead atoms. The third-order valence-corrected chi connectivity index (χ3v) is 3.84. The maximum atomic E-state index is 11.3. The molecule has 2 aliphatic rings. The van der Waals surface area contributed by atoms with Gasteiger partial charge in [0, 0.05) is 19.6 Å². The third kappa shape index (κ3) is 2.03. The second kappa shape index (κ2) is 3.48. The van der Waals surface area contributed by atoms with Crippen molar-refractivity contribution in [1.82, 2.24) is 4.90 Å². The van der Waals surface area contributed by atoms with Crippen molar-refractivity contribution in [3.05, 3.63) is 0 Å². The van der Waals surface area contributed by atoms with Gasteiger partial charge in [-0.2, -0.15) is 0 Å². The fraction of sp³-hybridized carbons (Fsp3) is 0.917. The molecule has 1 aliphatic heterocycles. The molecule has 0 atom stereocenters. The summed E-state index contributed by atoms with van der Waals surface area (Å²) in [6.07, 6.45) is 3.92. The first kappa shape index (κ1) is 10.9. The van der Waals surface area contributed by atoms with Gasteiger partial charge in [0.05, 0.1) is 5.41 Å². The van der Waals surface area contributed by atoms with Crippen LogP contribution in [0, 0.1) is 10.8 Å². The second-order valence-corrected chi connectivity index (χ2v) is 6.10. The van der Waals surface area contributed by atoms with Crippen LogP contribution in [-0.2, 0) is 4.79 Å². The molecule has 0 spiro atoms. The van der Waals surface area contributed by atoms with Crippen molar-refractivity contribution in [3.63, 3.8) is 0 Å². The van der Waals surface area contributed by atoms with Crippen LogP contribution in [-0.4, -0.2) is 35.6 Å². The van der Waals surface area contributed by atoms with Crippen LogP contribution < -0.4 is 0 Å². The summed E-state index contributed by atoms with van der Waals surface area (Å²) in [5, 5.41) is 9.34. The number of hydrogen-bond donors (Lipinski definition) is 1. The van der Waals surface area contributed by atoms with Crippen molar-refractivity contribution in [2.24, 2.45) is 10.8 Å². The Morgan fingerprint density at radius 2 is 1.80 bits per heavy atom. The predicted molar refractivity (Wildman–Crippen MR) is 58.8 cm³/mol. The normalized spacial score (nSPS) is 28.7. The van der Waals surface area contributed by atoms with Crippen molar-refractivity contribution >= 4 is 5.97 Å². The average molecular weight is 211 g/mol. The molecule has 1 saturated heterocycles. The molecule has 86 valence electrons. The smallest absolute Gasteiger partial charge is 0.310 e. The molecule has 3 nitrogen and oxygen atoms in total. The Labute approximate surface area is 91.5 Å². The topological polar surface area (TPSA) is 40.5 Å². The Balaban J connectivity index is 1.94. The van der Waals surface area contributed by atoms with Crippen LogP contribution in [0.2, 0.25) is 0 Å². The van der Waals surface area contributed by atoms with Gasteiger partial charge in [0.2, 0.25) is 0 Å². The highest BCUT2D eigenvalue weighted by Crippen LogP contribution is 2.41. The molecule has 0 aromatic carbocycles. The van der Waals surface area contributed by atoms with Crippen LogP contribution in [0.25, 0.3) is 0 Å². The van der Waals surface area contributed by atoms with E-state index in [4.69, 9.17) is 0 Å². The zero-order valence-electron chi connectivity index (χ0n) is 9.75. The molecule has 1 aliphatic carbocycles. The maximum absolute atomic E-state index is 11.3. The Bertz CT molecular complexity index is 259. The van der Waals surface area contributed by atoms with Crippen LogP contribution in [0.5, 0.6) is 0 Å². The summed E-state index contributed by atoms with van der Waals surface area (Å²) < 4.78 is 0. The van der Waals surface area contributed by atoms with E-state index in [0.717, 1.165) is 45.3 Å². The minimum Gasteiger partial charge on any atom is -0.481 e. The van der Waals surface area contributed by atoms with Crippen LogP contribution in [0.1, 0.15) is 39.5 Å². The molecule has 1 heterocycles. The largest absolute Gasteiger partial charge is 0.481 e. The number of hydrogen-bond acceptors (Lipinski definition) is 2. The van der Waals surface area contributed by atoms with Crippen molar-refractivity contribution in [2.45, 2.75) is 39.5 Å². The van der Waals surface area contributed by atoms with Crippen LogP contribution in [0.15, 0.2) is 0 Å². The van der Waals surface area contributed by atoms with Crippen molar-refractivity contribution < 1.29 is 9.90 Å². The summed E-state index contributed by atoms with van der Waals surface area (Å²) >= 11 is 0. The zero-order valence-corrected chi connectivity index (χ0v) is 9.75. The molecule has 1 N–H and O–H groups in total. The number of carbonyl (C=O) groups is 1. The number of likely N-dealkylation sites (tertiary alicyclic amines) is 1. The lowest BCUT2D eigenvalue weighted by Gasteiger charge is -2.48. The van der Waals surface area contributed by atoms with Gasteiger partial charge in [-0.3, -0.25) is 4.79 Å². The maximum Gasteiger partial charge on any atom is 0.310 e. The summed E-state index contributed by atoms with van der Waals surface area (Å²) in [5.74, 6) is -0.579. The zero-order chi connectivity index (χ0) is 11.1. The van der Waals surface area contributed by atoms with Gasteiger partial charge in [0.25, 0.3) is 0 Å². The van der Waals surface area contributed by atoms with Crippen molar-refractivity contribution in [2.75, 3.05) is 19.6 Å². The summed E-state index contributed by atoms with van der Waals surface area (Å²) in [6.45, 7) is 7.37. The van der Waals surface area contributed by atoms with E-state index >= 15 is 0 Å². The van der Waals surface area contributed by atoms with E-state index in [1.54, 1.807) is 0 Å². The summed E-state index contributed by atoms with van der Waals surface area (Å²) in [7, 11) is 0. The predicted octanol–water partition coefficient (Wildman–Crippen LogP) is 1.97. The summed E-state index contributed by atoms with van der Waals surface area (Å²) in [5.41, 5.74) is -0.0190. The molecule has 2 rings (SSSR count). The summed E-state index contributed by atoms with van der Waals surface area (Å²) in [6, 6.07) is 0. The molecular formula is C12H21NO2. The van der Waals surface area contributed by atoms with E-state index in [1.165, 1.54) is 0 Å². The molecular weight excluding hydrogens is 190 g/mol. The molecule has 0 unspecified atom stereocenters. The quantitative estimate of drug-likeness (QED) is 0.776. The van der Waals surface area contributed by atoms with Crippen LogP contribution in [0.4, 0.5) is 0 Å². The van der Waals surface area contributed by atoms with E-state index in [9.17, 15) is 9.90 Å². The van der Waals surface area contributed by atoms with Gasteiger partial charge >= 0.3 is 5.97 Å². The molecule has 0 amide bonds. The second-order valence-electron chi connectivity index (χ2n) is 6.10. The first-order valence-electron chi connectivity index (χ1n) is 5.89. The SMILES string of the molecule is CC1(C)CN(CC2(C(=O)O)CCCC2)C1. The van der Waals surface area contributed by atoms with Crippen LogP contribution >= 0.6 is 0 Å². The van der Waals surface area contributed by atoms with Gasteiger partial charge in [-0.1, -0.05) is 26.7 Å². The van der Waals surface area contributed by atoms with E-state index in [0.29, 0.717) is 5.41 Å². The summed E-state index contributed by atoms with van der Waals surface area (Å²) in [4.78, 5) is 13.6. The number of nitrogens with zero attached hydrogens (tertiary/aromatic N) is 1. The van der Waals surface area contributed by atoms with Crippen molar-refractivity contribution in [1.29, 1.82) is 0 Å². The molecule has 0 radical (unpaired) electrons. The Morgan fingerprint density at radius 3 is 2.20 bits per heavy atom. The fourth-order valence-electron chi connectivity index (χ4n) is 3.20. The van der Waals surface area contributed by atoms with Gasteiger partial charge in [-0.05, 0) is 18.3 Å². The van der Waals surface area contributed by atoms with Gasteiger partial charge in [0.15, 0.2) is 0 Å². The van der Waals surface area contributed by atoms with Crippen molar-refractivity contribution in [3.8, 4) is 0 Å². The lowest BCUT2D eigenvalue weighted by atomic mass is 9.79. The van der Waals surface area contributed by atoms with E-state index in [-0.39, 0.29) is 0 Å². The Kier molecular flexibility index (Phi) is 2.53. The van der Waals surface area contributed by atoms with Gasteiger partial charge in [-0.25, -0.2) is 0 Å². The molecule has 0 aromatic heterocycles. The minimum atomic E-state index is -0.579. The lowest BCUT2D eigenvalue weighted by molar-refractivity contribution is -0.152. The Hall–Kier alpha value is -0.570. The number of carboxylic acid groups (broad SMARTS) is 1. The fourth-order valence-corrected chi connectivity index (χ4v) is 3.20. The number of carboxylic acids is 1. The highest BCUT2D eigenvalue weighted by atomic mass is 16.4. The lowest BCUT2D eigenvalue weighted by Crippen LogP contribution is -2.57. The average Bonchev–Trinajstić information content (AvgIpc) is 2.50. The van der Waals surface area contributed by atoms with Gasteiger partial charge in [-0.15, -0.1) is 0 Å². The molecule has 3 heteroatoms. The Morgan fingerprint density at radius 1 is 1.27 bits per heavy atom. The minimum absolute atomic E-state index is 0.401. The highest BCUT2D eigenvalue weighted by molar-refractivity contribution is 5.75. The van der Waals surface area contributed by atoms with E-state index in [2.05, 4.69) is 18.7 Å². The van der Waals surface area contributed by atoms with E-state index < -0.39 is 11.4 Å². The van der Waals surface area contributed by atoms with Crippen LogP contribution in [0.3, 0.4) is 0 Å².